The molecule has 2 nitrogen and oxygen atoms in total. The van der Waals surface area contributed by atoms with Crippen LogP contribution in [0.4, 0.5) is 0 Å². The van der Waals surface area contributed by atoms with Gasteiger partial charge in [-0.05, 0) is 64.7 Å². The van der Waals surface area contributed by atoms with Crippen LogP contribution in [-0.4, -0.2) is 37.1 Å². The van der Waals surface area contributed by atoms with Crippen molar-refractivity contribution < 1.29 is 0 Å². The molecular weight excluding hydrogens is 244 g/mol. The van der Waals surface area contributed by atoms with Crippen LogP contribution < -0.4 is 5.32 Å². The summed E-state index contributed by atoms with van der Waals surface area (Å²) < 4.78 is 0. The molecule has 0 spiro atoms. The molecule has 0 aliphatic carbocycles. The number of likely N-dealkylation sites (tertiary alicyclic amines) is 1. The minimum absolute atomic E-state index is 0.706. The number of piperidine rings is 1. The Bertz CT molecular complexity index is 209. The molecule has 1 unspecified atom stereocenters. The van der Waals surface area contributed by atoms with Gasteiger partial charge in [-0.2, -0.15) is 0 Å². The fraction of sp³-hybridized carbons (Fsp3) is 1.00. The highest BCUT2D eigenvalue weighted by atomic mass is 15.1. The van der Waals surface area contributed by atoms with Gasteiger partial charge in [-0.1, -0.05) is 46.0 Å². The minimum Gasteiger partial charge on any atom is -0.314 e. The maximum atomic E-state index is 3.70. The Labute approximate surface area is 127 Å². The third kappa shape index (κ3) is 8.97. The summed E-state index contributed by atoms with van der Waals surface area (Å²) in [6.45, 7) is 12.2. The van der Waals surface area contributed by atoms with E-state index in [9.17, 15) is 0 Å². The molecule has 1 aliphatic rings. The Balaban J connectivity index is 1.87. The van der Waals surface area contributed by atoms with Crippen LogP contribution in [0.2, 0.25) is 0 Å². The van der Waals surface area contributed by atoms with Gasteiger partial charge in [0.2, 0.25) is 0 Å². The van der Waals surface area contributed by atoms with Crippen LogP contribution in [0, 0.1) is 5.92 Å². The predicted molar refractivity (Wildman–Crippen MR) is 90.3 cm³/mol. The minimum atomic E-state index is 0.706. The van der Waals surface area contributed by atoms with Crippen molar-refractivity contribution in [1.82, 2.24) is 10.2 Å². The van der Waals surface area contributed by atoms with E-state index in [1.54, 1.807) is 0 Å². The van der Waals surface area contributed by atoms with Gasteiger partial charge >= 0.3 is 0 Å². The van der Waals surface area contributed by atoms with Gasteiger partial charge in [0, 0.05) is 6.04 Å². The normalized spacial score (nSPS) is 19.4. The van der Waals surface area contributed by atoms with Crippen LogP contribution in [0.15, 0.2) is 0 Å². The van der Waals surface area contributed by atoms with Crippen molar-refractivity contribution in [3.05, 3.63) is 0 Å². The van der Waals surface area contributed by atoms with Gasteiger partial charge in [0.1, 0.15) is 0 Å². The largest absolute Gasteiger partial charge is 0.314 e. The summed E-state index contributed by atoms with van der Waals surface area (Å²) in [5.74, 6) is 0.956. The van der Waals surface area contributed by atoms with Crippen molar-refractivity contribution in [1.29, 1.82) is 0 Å². The second-order valence-electron chi connectivity index (χ2n) is 6.94. The summed E-state index contributed by atoms with van der Waals surface area (Å²) in [6, 6.07) is 0.706. The summed E-state index contributed by atoms with van der Waals surface area (Å²) in [5.41, 5.74) is 0. The van der Waals surface area contributed by atoms with Gasteiger partial charge in [-0.3, -0.25) is 0 Å². The molecule has 0 aromatic carbocycles. The summed E-state index contributed by atoms with van der Waals surface area (Å²) in [6.07, 6.45) is 12.5. The predicted octanol–water partition coefficient (Wildman–Crippen LogP) is 4.45. The molecule has 1 N–H and O–H groups in total. The smallest absolute Gasteiger partial charge is 0.00387 e. The Morgan fingerprint density at radius 1 is 1.05 bits per heavy atom. The molecule has 1 heterocycles. The van der Waals surface area contributed by atoms with Crippen molar-refractivity contribution in [2.24, 2.45) is 5.92 Å². The highest BCUT2D eigenvalue weighted by Crippen LogP contribution is 2.15. The second kappa shape index (κ2) is 11.6. The van der Waals surface area contributed by atoms with E-state index >= 15 is 0 Å². The fourth-order valence-electron chi connectivity index (χ4n) is 3.09. The standard InChI is InChI=1S/C18H38N2/c1-4-5-6-7-8-10-18(3)19-13-9-14-20-15-11-17(2)12-16-20/h17-19H,4-16H2,1-3H3. The van der Waals surface area contributed by atoms with Crippen LogP contribution in [0.25, 0.3) is 0 Å². The quantitative estimate of drug-likeness (QED) is 0.563. The molecule has 0 aromatic rings. The molecule has 1 fully saturated rings. The van der Waals surface area contributed by atoms with E-state index in [2.05, 4.69) is 31.0 Å². The molecule has 20 heavy (non-hydrogen) atoms. The van der Waals surface area contributed by atoms with Crippen molar-refractivity contribution in [3.63, 3.8) is 0 Å². The molecule has 1 atom stereocenters. The summed E-state index contributed by atoms with van der Waals surface area (Å²) in [5, 5.41) is 3.70. The molecular formula is C18H38N2. The van der Waals surface area contributed by atoms with Crippen LogP contribution in [0.3, 0.4) is 0 Å². The number of nitrogens with one attached hydrogen (secondary N) is 1. The zero-order valence-electron chi connectivity index (χ0n) is 14.3. The molecule has 120 valence electrons. The molecule has 1 rings (SSSR count). The summed E-state index contributed by atoms with van der Waals surface area (Å²) in [7, 11) is 0. The monoisotopic (exact) mass is 282 g/mol. The molecule has 0 amide bonds. The van der Waals surface area contributed by atoms with E-state index in [0.717, 1.165) is 5.92 Å². The lowest BCUT2D eigenvalue weighted by Gasteiger charge is -2.30. The second-order valence-corrected chi connectivity index (χ2v) is 6.94. The van der Waals surface area contributed by atoms with Crippen LogP contribution in [0.5, 0.6) is 0 Å². The average molecular weight is 283 g/mol. The summed E-state index contributed by atoms with van der Waals surface area (Å²) in [4.78, 5) is 2.65. The number of hydrogen-bond donors (Lipinski definition) is 1. The zero-order valence-corrected chi connectivity index (χ0v) is 14.3. The van der Waals surface area contributed by atoms with Gasteiger partial charge in [0.05, 0.1) is 0 Å². The zero-order chi connectivity index (χ0) is 14.6. The van der Waals surface area contributed by atoms with Gasteiger partial charge in [-0.15, -0.1) is 0 Å². The maximum Gasteiger partial charge on any atom is 0.00387 e. The number of unbranched alkanes of at least 4 members (excludes halogenated alkanes) is 4. The first-order valence-corrected chi connectivity index (χ1v) is 9.18. The first-order chi connectivity index (χ1) is 9.72. The van der Waals surface area contributed by atoms with Gasteiger partial charge < -0.3 is 10.2 Å². The molecule has 0 aromatic heterocycles. The van der Waals surface area contributed by atoms with E-state index in [1.807, 2.05) is 0 Å². The van der Waals surface area contributed by atoms with Crippen LogP contribution in [-0.2, 0) is 0 Å². The number of nitrogens with zero attached hydrogens (tertiary/aromatic N) is 1. The lowest BCUT2D eigenvalue weighted by atomic mass is 9.99. The maximum absolute atomic E-state index is 3.70. The Morgan fingerprint density at radius 3 is 2.45 bits per heavy atom. The average Bonchev–Trinajstić information content (AvgIpc) is 2.45. The van der Waals surface area contributed by atoms with E-state index in [0.29, 0.717) is 6.04 Å². The molecule has 1 saturated heterocycles. The van der Waals surface area contributed by atoms with E-state index in [-0.39, 0.29) is 0 Å². The number of hydrogen-bond acceptors (Lipinski definition) is 2. The van der Waals surface area contributed by atoms with Crippen LogP contribution >= 0.6 is 0 Å². The Kier molecular flexibility index (Phi) is 10.4. The van der Waals surface area contributed by atoms with E-state index in [4.69, 9.17) is 0 Å². The third-order valence-corrected chi connectivity index (χ3v) is 4.76. The van der Waals surface area contributed by atoms with Crippen molar-refractivity contribution >= 4 is 0 Å². The highest BCUT2D eigenvalue weighted by molar-refractivity contribution is 4.70. The first kappa shape index (κ1) is 18.0. The lowest BCUT2D eigenvalue weighted by molar-refractivity contribution is 0.190. The SMILES string of the molecule is CCCCCCCC(C)NCCCN1CCC(C)CC1. The van der Waals surface area contributed by atoms with Gasteiger partial charge in [0.25, 0.3) is 0 Å². The molecule has 0 bridgehead atoms. The number of rotatable bonds is 11. The molecule has 2 heteroatoms. The lowest BCUT2D eigenvalue weighted by Crippen LogP contribution is -2.35. The van der Waals surface area contributed by atoms with Gasteiger partial charge in [0.15, 0.2) is 0 Å². The molecule has 1 aliphatic heterocycles. The van der Waals surface area contributed by atoms with E-state index < -0.39 is 0 Å². The van der Waals surface area contributed by atoms with Crippen molar-refractivity contribution in [2.45, 2.75) is 84.6 Å². The van der Waals surface area contributed by atoms with Gasteiger partial charge in [-0.25, -0.2) is 0 Å². The summed E-state index contributed by atoms with van der Waals surface area (Å²) >= 11 is 0. The first-order valence-electron chi connectivity index (χ1n) is 9.18. The highest BCUT2D eigenvalue weighted by Gasteiger charge is 2.14. The van der Waals surface area contributed by atoms with Crippen molar-refractivity contribution in [2.75, 3.05) is 26.2 Å². The molecule has 0 radical (unpaired) electrons. The third-order valence-electron chi connectivity index (χ3n) is 4.76. The van der Waals surface area contributed by atoms with E-state index in [1.165, 1.54) is 84.0 Å². The fourth-order valence-corrected chi connectivity index (χ4v) is 3.09. The Morgan fingerprint density at radius 2 is 1.75 bits per heavy atom. The van der Waals surface area contributed by atoms with Crippen LogP contribution in [0.1, 0.15) is 78.6 Å². The Hall–Kier alpha value is -0.0800. The molecule has 0 saturated carbocycles. The topological polar surface area (TPSA) is 15.3 Å². The van der Waals surface area contributed by atoms with Crippen molar-refractivity contribution in [3.8, 4) is 0 Å².